The minimum Gasteiger partial charge on any atom is -0.333 e. The maximum absolute atomic E-state index is 12.3. The fourth-order valence-corrected chi connectivity index (χ4v) is 3.73. The van der Waals surface area contributed by atoms with Gasteiger partial charge in [-0.2, -0.15) is 0 Å². The molecule has 0 aliphatic carbocycles. The SMILES string of the molecule is O=C(Nc1nccs1)C1CCCN(C(=O)NCc2cccs2)C1. The average Bonchev–Trinajstić information content (AvgIpc) is 3.26. The molecule has 2 aromatic heterocycles. The van der Waals surface area contributed by atoms with Gasteiger partial charge in [-0.1, -0.05) is 6.07 Å². The molecule has 3 rings (SSSR count). The number of aromatic nitrogens is 1. The van der Waals surface area contributed by atoms with Gasteiger partial charge in [-0.25, -0.2) is 9.78 Å². The van der Waals surface area contributed by atoms with Crippen molar-refractivity contribution >= 4 is 39.7 Å². The summed E-state index contributed by atoms with van der Waals surface area (Å²) in [5, 5.41) is 10.1. The van der Waals surface area contributed by atoms with Gasteiger partial charge in [0.15, 0.2) is 5.13 Å². The van der Waals surface area contributed by atoms with Crippen molar-refractivity contribution in [3.63, 3.8) is 0 Å². The van der Waals surface area contributed by atoms with Crippen LogP contribution in [0.3, 0.4) is 0 Å². The Kier molecular flexibility index (Phi) is 5.24. The quantitative estimate of drug-likeness (QED) is 0.890. The highest BCUT2D eigenvalue weighted by Gasteiger charge is 2.28. The summed E-state index contributed by atoms with van der Waals surface area (Å²) in [6.07, 6.45) is 3.29. The van der Waals surface area contributed by atoms with E-state index in [2.05, 4.69) is 15.6 Å². The summed E-state index contributed by atoms with van der Waals surface area (Å²) >= 11 is 3.01. The Morgan fingerprint density at radius 1 is 1.35 bits per heavy atom. The smallest absolute Gasteiger partial charge is 0.317 e. The van der Waals surface area contributed by atoms with Gasteiger partial charge in [-0.15, -0.1) is 22.7 Å². The summed E-state index contributed by atoms with van der Waals surface area (Å²) in [5.74, 6) is -0.240. The molecule has 0 aromatic carbocycles. The third kappa shape index (κ3) is 4.29. The van der Waals surface area contributed by atoms with Crippen molar-refractivity contribution < 1.29 is 9.59 Å². The highest BCUT2D eigenvalue weighted by molar-refractivity contribution is 7.13. The van der Waals surface area contributed by atoms with E-state index in [4.69, 9.17) is 0 Å². The van der Waals surface area contributed by atoms with Gasteiger partial charge >= 0.3 is 6.03 Å². The summed E-state index contributed by atoms with van der Waals surface area (Å²) in [6, 6.07) is 3.85. The van der Waals surface area contributed by atoms with Crippen molar-refractivity contribution in [2.75, 3.05) is 18.4 Å². The standard InChI is InChI=1S/C15H18N4O2S2/c20-13(18-14-16-5-8-23-14)11-3-1-6-19(10-11)15(21)17-9-12-4-2-7-22-12/h2,4-5,7-8,11H,1,3,6,9-10H2,(H,17,21)(H,16,18,20). The maximum Gasteiger partial charge on any atom is 0.317 e. The second-order valence-corrected chi connectivity index (χ2v) is 7.28. The molecule has 3 heterocycles. The lowest BCUT2D eigenvalue weighted by molar-refractivity contribution is -0.121. The molecular formula is C15H18N4O2S2. The normalized spacial score (nSPS) is 17.7. The largest absolute Gasteiger partial charge is 0.333 e. The second kappa shape index (κ2) is 7.56. The van der Waals surface area contributed by atoms with Crippen LogP contribution in [0.25, 0.3) is 0 Å². The van der Waals surface area contributed by atoms with E-state index in [1.807, 2.05) is 22.9 Å². The zero-order valence-corrected chi connectivity index (χ0v) is 14.2. The van der Waals surface area contributed by atoms with E-state index in [1.54, 1.807) is 22.4 Å². The van der Waals surface area contributed by atoms with Crippen LogP contribution >= 0.6 is 22.7 Å². The number of likely N-dealkylation sites (tertiary alicyclic amines) is 1. The number of hydrogen-bond donors (Lipinski definition) is 2. The van der Waals surface area contributed by atoms with E-state index in [9.17, 15) is 9.59 Å². The Labute approximate surface area is 142 Å². The van der Waals surface area contributed by atoms with Crippen LogP contribution in [0.1, 0.15) is 17.7 Å². The number of thiophene rings is 1. The molecule has 1 unspecified atom stereocenters. The van der Waals surface area contributed by atoms with Gasteiger partial charge in [0.2, 0.25) is 5.91 Å². The number of piperidine rings is 1. The van der Waals surface area contributed by atoms with Crippen LogP contribution in [-0.2, 0) is 11.3 Å². The number of carbonyl (C=O) groups excluding carboxylic acids is 2. The molecule has 23 heavy (non-hydrogen) atoms. The summed E-state index contributed by atoms with van der Waals surface area (Å²) < 4.78 is 0. The average molecular weight is 350 g/mol. The Morgan fingerprint density at radius 3 is 3.00 bits per heavy atom. The first-order chi connectivity index (χ1) is 11.2. The van der Waals surface area contributed by atoms with Crippen molar-refractivity contribution in [3.8, 4) is 0 Å². The second-order valence-electron chi connectivity index (χ2n) is 5.35. The molecule has 1 aliphatic rings. The fourth-order valence-electron chi connectivity index (χ4n) is 2.56. The number of nitrogens with zero attached hydrogens (tertiary/aromatic N) is 2. The molecular weight excluding hydrogens is 332 g/mol. The molecule has 1 aliphatic heterocycles. The summed E-state index contributed by atoms with van der Waals surface area (Å²) in [7, 11) is 0. The molecule has 6 nitrogen and oxygen atoms in total. The van der Waals surface area contributed by atoms with Crippen LogP contribution in [0.4, 0.5) is 9.93 Å². The van der Waals surface area contributed by atoms with Crippen LogP contribution in [-0.4, -0.2) is 34.9 Å². The number of rotatable bonds is 4. The number of urea groups is 1. The monoisotopic (exact) mass is 350 g/mol. The number of carbonyl (C=O) groups is 2. The molecule has 0 radical (unpaired) electrons. The molecule has 3 amide bonds. The molecule has 122 valence electrons. The van der Waals surface area contributed by atoms with E-state index >= 15 is 0 Å². The molecule has 0 spiro atoms. The van der Waals surface area contributed by atoms with Gasteiger partial charge in [0.25, 0.3) is 0 Å². The van der Waals surface area contributed by atoms with E-state index in [0.29, 0.717) is 24.8 Å². The molecule has 2 N–H and O–H groups in total. The lowest BCUT2D eigenvalue weighted by atomic mass is 9.97. The lowest BCUT2D eigenvalue weighted by Crippen LogP contribution is -2.47. The van der Waals surface area contributed by atoms with Crippen LogP contribution in [0.2, 0.25) is 0 Å². The van der Waals surface area contributed by atoms with Crippen molar-refractivity contribution in [3.05, 3.63) is 34.0 Å². The predicted molar refractivity (Wildman–Crippen MR) is 91.6 cm³/mol. The van der Waals surface area contributed by atoms with Gasteiger partial charge in [0, 0.05) is 29.5 Å². The van der Waals surface area contributed by atoms with Gasteiger partial charge in [-0.05, 0) is 24.3 Å². The Bertz CT molecular complexity index is 643. The lowest BCUT2D eigenvalue weighted by Gasteiger charge is -2.31. The number of hydrogen-bond acceptors (Lipinski definition) is 5. The Hall–Kier alpha value is -1.93. The van der Waals surface area contributed by atoms with E-state index in [-0.39, 0.29) is 17.9 Å². The third-order valence-electron chi connectivity index (χ3n) is 3.74. The minimum absolute atomic E-state index is 0.0595. The van der Waals surface area contributed by atoms with Gasteiger partial charge in [0.05, 0.1) is 12.5 Å². The number of anilines is 1. The van der Waals surface area contributed by atoms with E-state index in [0.717, 1.165) is 17.7 Å². The highest BCUT2D eigenvalue weighted by Crippen LogP contribution is 2.20. The maximum atomic E-state index is 12.3. The van der Waals surface area contributed by atoms with Crippen LogP contribution in [0.5, 0.6) is 0 Å². The number of amides is 3. The Morgan fingerprint density at radius 2 is 2.26 bits per heavy atom. The molecule has 0 saturated carbocycles. The van der Waals surface area contributed by atoms with Crippen LogP contribution in [0, 0.1) is 5.92 Å². The first-order valence-electron chi connectivity index (χ1n) is 7.48. The van der Waals surface area contributed by atoms with Crippen LogP contribution < -0.4 is 10.6 Å². The Balaban J connectivity index is 1.50. The summed E-state index contributed by atoms with van der Waals surface area (Å²) in [6.45, 7) is 1.67. The van der Waals surface area contributed by atoms with E-state index < -0.39 is 0 Å². The molecule has 0 bridgehead atoms. The molecule has 2 aromatic rings. The zero-order chi connectivity index (χ0) is 16.1. The van der Waals surface area contributed by atoms with E-state index in [1.165, 1.54) is 11.3 Å². The summed E-state index contributed by atoms with van der Waals surface area (Å²) in [4.78, 5) is 31.4. The topological polar surface area (TPSA) is 74.3 Å². The molecule has 1 saturated heterocycles. The van der Waals surface area contributed by atoms with Gasteiger partial charge in [-0.3, -0.25) is 4.79 Å². The molecule has 1 fully saturated rings. The molecule has 1 atom stereocenters. The number of thiazole rings is 1. The predicted octanol–water partition coefficient (Wildman–Crippen LogP) is 2.76. The first kappa shape index (κ1) is 15.9. The fraction of sp³-hybridized carbons (Fsp3) is 0.400. The number of nitrogens with one attached hydrogen (secondary N) is 2. The van der Waals surface area contributed by atoms with Gasteiger partial charge in [0.1, 0.15) is 0 Å². The third-order valence-corrected chi connectivity index (χ3v) is 5.30. The van der Waals surface area contributed by atoms with Crippen molar-refractivity contribution in [1.29, 1.82) is 0 Å². The van der Waals surface area contributed by atoms with Crippen molar-refractivity contribution in [1.82, 2.24) is 15.2 Å². The molecule has 8 heteroatoms. The van der Waals surface area contributed by atoms with Crippen molar-refractivity contribution in [2.24, 2.45) is 5.92 Å². The highest BCUT2D eigenvalue weighted by atomic mass is 32.1. The van der Waals surface area contributed by atoms with Crippen LogP contribution in [0.15, 0.2) is 29.1 Å². The zero-order valence-electron chi connectivity index (χ0n) is 12.5. The minimum atomic E-state index is -0.180. The van der Waals surface area contributed by atoms with Crippen molar-refractivity contribution in [2.45, 2.75) is 19.4 Å². The summed E-state index contributed by atoms with van der Waals surface area (Å²) in [5.41, 5.74) is 0. The first-order valence-corrected chi connectivity index (χ1v) is 9.24. The van der Waals surface area contributed by atoms with Gasteiger partial charge < -0.3 is 15.5 Å².